The SMILES string of the molecule is O=C1C=C2c3ccccc3N(c3ccccc3)C(=O)C2(c2ccccc2)O1. The number of rotatable bonds is 2. The molecule has 4 heteroatoms. The summed E-state index contributed by atoms with van der Waals surface area (Å²) in [6, 6.07) is 26.2. The van der Waals surface area contributed by atoms with Crippen LogP contribution in [0.2, 0.25) is 0 Å². The summed E-state index contributed by atoms with van der Waals surface area (Å²) in [5, 5.41) is 0. The van der Waals surface area contributed by atoms with Gasteiger partial charge in [0.05, 0.1) is 5.69 Å². The van der Waals surface area contributed by atoms with Gasteiger partial charge in [-0.1, -0.05) is 66.7 Å². The molecule has 0 radical (unpaired) electrons. The number of nitrogens with zero attached hydrogens (tertiary/aromatic N) is 1. The topological polar surface area (TPSA) is 46.6 Å². The number of ether oxygens (including phenoxy) is 1. The summed E-state index contributed by atoms with van der Waals surface area (Å²) in [5.74, 6) is -0.803. The highest BCUT2D eigenvalue weighted by atomic mass is 16.6. The minimum atomic E-state index is -1.47. The molecule has 3 aromatic rings. The fraction of sp³-hybridized carbons (Fsp3) is 0.0435. The lowest BCUT2D eigenvalue weighted by Gasteiger charge is -2.41. The van der Waals surface area contributed by atoms with Crippen LogP contribution in [0.4, 0.5) is 11.4 Å². The van der Waals surface area contributed by atoms with Crippen molar-refractivity contribution in [3.63, 3.8) is 0 Å². The Hall–Kier alpha value is -3.66. The monoisotopic (exact) mass is 353 g/mol. The maximum atomic E-state index is 13.8. The Bertz CT molecular complexity index is 1090. The summed E-state index contributed by atoms with van der Waals surface area (Å²) < 4.78 is 5.74. The average molecular weight is 353 g/mol. The molecule has 0 aliphatic carbocycles. The van der Waals surface area contributed by atoms with Crippen molar-refractivity contribution in [2.75, 3.05) is 4.90 Å². The van der Waals surface area contributed by atoms with Crippen molar-refractivity contribution < 1.29 is 14.3 Å². The molecule has 0 N–H and O–H groups in total. The van der Waals surface area contributed by atoms with Gasteiger partial charge in [-0.3, -0.25) is 9.69 Å². The first-order valence-electron chi connectivity index (χ1n) is 8.71. The molecule has 3 aromatic carbocycles. The van der Waals surface area contributed by atoms with Gasteiger partial charge in [-0.05, 0) is 18.2 Å². The maximum Gasteiger partial charge on any atom is 0.332 e. The standard InChI is InChI=1S/C23H15NO3/c25-21-15-19-18-13-7-8-14-20(18)24(17-11-5-2-6-12-17)22(26)23(19,27-21)16-9-3-1-4-10-16/h1-15H. The lowest BCUT2D eigenvalue weighted by atomic mass is 9.78. The molecule has 0 fully saturated rings. The summed E-state index contributed by atoms with van der Waals surface area (Å²) in [6.07, 6.45) is 1.44. The van der Waals surface area contributed by atoms with E-state index in [0.29, 0.717) is 11.1 Å². The molecule has 0 saturated carbocycles. The predicted molar refractivity (Wildman–Crippen MR) is 102 cm³/mol. The smallest absolute Gasteiger partial charge is 0.332 e. The van der Waals surface area contributed by atoms with Crippen LogP contribution in [0.15, 0.2) is 91.0 Å². The number of benzene rings is 3. The molecule has 27 heavy (non-hydrogen) atoms. The lowest BCUT2D eigenvalue weighted by molar-refractivity contribution is -0.154. The molecule has 1 atom stereocenters. The van der Waals surface area contributed by atoms with Crippen molar-refractivity contribution in [2.45, 2.75) is 5.60 Å². The number of anilines is 2. The minimum Gasteiger partial charge on any atom is -0.436 e. The Balaban J connectivity index is 1.84. The average Bonchev–Trinajstić information content (AvgIpc) is 3.09. The van der Waals surface area contributed by atoms with Crippen LogP contribution in [-0.4, -0.2) is 11.9 Å². The van der Waals surface area contributed by atoms with Gasteiger partial charge in [-0.2, -0.15) is 0 Å². The van der Waals surface area contributed by atoms with E-state index < -0.39 is 11.6 Å². The highest BCUT2D eigenvalue weighted by Gasteiger charge is 2.57. The molecule has 1 amide bonds. The van der Waals surface area contributed by atoms with Gasteiger partial charge in [0.2, 0.25) is 5.60 Å². The third kappa shape index (κ3) is 2.10. The van der Waals surface area contributed by atoms with Crippen LogP contribution in [0.1, 0.15) is 11.1 Å². The van der Waals surface area contributed by atoms with Crippen LogP contribution in [0.5, 0.6) is 0 Å². The van der Waals surface area contributed by atoms with Crippen LogP contribution in [-0.2, 0) is 19.9 Å². The third-order valence-corrected chi connectivity index (χ3v) is 5.03. The molecule has 2 aliphatic rings. The van der Waals surface area contributed by atoms with Gasteiger partial charge in [-0.25, -0.2) is 4.79 Å². The fourth-order valence-electron chi connectivity index (χ4n) is 3.89. The van der Waals surface area contributed by atoms with Crippen LogP contribution in [0.25, 0.3) is 5.57 Å². The van der Waals surface area contributed by atoms with Gasteiger partial charge in [-0.15, -0.1) is 0 Å². The van der Waals surface area contributed by atoms with E-state index in [4.69, 9.17) is 4.74 Å². The Morgan fingerprint density at radius 2 is 1.37 bits per heavy atom. The van der Waals surface area contributed by atoms with Gasteiger partial charge < -0.3 is 4.74 Å². The summed E-state index contributed by atoms with van der Waals surface area (Å²) in [4.78, 5) is 27.8. The second-order valence-electron chi connectivity index (χ2n) is 6.52. The van der Waals surface area contributed by atoms with E-state index in [2.05, 4.69) is 0 Å². The lowest BCUT2D eigenvalue weighted by Crippen LogP contribution is -2.49. The third-order valence-electron chi connectivity index (χ3n) is 5.03. The first-order chi connectivity index (χ1) is 13.2. The Labute approximate surface area is 156 Å². The van der Waals surface area contributed by atoms with Crippen molar-refractivity contribution in [3.8, 4) is 0 Å². The Morgan fingerprint density at radius 1 is 0.741 bits per heavy atom. The summed E-state index contributed by atoms with van der Waals surface area (Å²) >= 11 is 0. The second-order valence-corrected chi connectivity index (χ2v) is 6.52. The van der Waals surface area contributed by atoms with E-state index in [1.807, 2.05) is 84.9 Å². The number of esters is 1. The van der Waals surface area contributed by atoms with E-state index in [9.17, 15) is 9.59 Å². The van der Waals surface area contributed by atoms with Gasteiger partial charge in [0.15, 0.2) is 0 Å². The molecule has 2 aliphatic heterocycles. The maximum absolute atomic E-state index is 13.8. The van der Waals surface area contributed by atoms with Crippen molar-refractivity contribution >= 4 is 28.8 Å². The second kappa shape index (κ2) is 5.68. The zero-order chi connectivity index (χ0) is 18.4. The number of para-hydroxylation sites is 2. The molecule has 1 unspecified atom stereocenters. The fourth-order valence-corrected chi connectivity index (χ4v) is 3.89. The first-order valence-corrected chi connectivity index (χ1v) is 8.71. The highest BCUT2D eigenvalue weighted by Crippen LogP contribution is 2.53. The number of amides is 1. The van der Waals surface area contributed by atoms with Crippen LogP contribution in [0.3, 0.4) is 0 Å². The van der Waals surface area contributed by atoms with Gasteiger partial charge in [0.1, 0.15) is 0 Å². The Morgan fingerprint density at radius 3 is 2.11 bits per heavy atom. The van der Waals surface area contributed by atoms with Gasteiger partial charge in [0, 0.05) is 28.5 Å². The number of carbonyl (C=O) groups is 2. The molecular weight excluding hydrogens is 338 g/mol. The first kappa shape index (κ1) is 15.6. The molecule has 4 nitrogen and oxygen atoms in total. The molecule has 0 saturated heterocycles. The van der Waals surface area contributed by atoms with E-state index in [1.165, 1.54) is 6.08 Å². The van der Waals surface area contributed by atoms with E-state index in [1.54, 1.807) is 4.90 Å². The predicted octanol–water partition coefficient (Wildman–Crippen LogP) is 4.20. The number of hydrogen-bond donors (Lipinski definition) is 0. The molecule has 5 rings (SSSR count). The van der Waals surface area contributed by atoms with Gasteiger partial charge >= 0.3 is 5.97 Å². The molecule has 0 spiro atoms. The van der Waals surface area contributed by atoms with Crippen LogP contribution < -0.4 is 4.90 Å². The highest BCUT2D eigenvalue weighted by molar-refractivity contribution is 6.22. The van der Waals surface area contributed by atoms with Crippen LogP contribution in [0, 0.1) is 0 Å². The zero-order valence-electron chi connectivity index (χ0n) is 14.3. The zero-order valence-corrected chi connectivity index (χ0v) is 14.3. The molecular formula is C23H15NO3. The van der Waals surface area contributed by atoms with E-state index in [0.717, 1.165) is 16.9 Å². The van der Waals surface area contributed by atoms with Crippen molar-refractivity contribution in [1.29, 1.82) is 0 Å². The summed E-state index contributed by atoms with van der Waals surface area (Å²) in [7, 11) is 0. The molecule has 130 valence electrons. The van der Waals surface area contributed by atoms with Crippen molar-refractivity contribution in [2.24, 2.45) is 0 Å². The van der Waals surface area contributed by atoms with E-state index in [-0.39, 0.29) is 5.91 Å². The Kier molecular flexibility index (Phi) is 3.28. The summed E-state index contributed by atoms with van der Waals surface area (Å²) in [5.41, 5.74) is 2.05. The summed E-state index contributed by atoms with van der Waals surface area (Å²) in [6.45, 7) is 0. The van der Waals surface area contributed by atoms with Gasteiger partial charge in [0.25, 0.3) is 5.91 Å². The molecule has 0 aromatic heterocycles. The van der Waals surface area contributed by atoms with Crippen molar-refractivity contribution in [1.82, 2.24) is 0 Å². The normalized spacial score (nSPS) is 20.6. The largest absolute Gasteiger partial charge is 0.436 e. The van der Waals surface area contributed by atoms with Crippen LogP contribution >= 0.6 is 0 Å². The van der Waals surface area contributed by atoms with Crippen molar-refractivity contribution in [3.05, 3.63) is 102 Å². The van der Waals surface area contributed by atoms with E-state index >= 15 is 0 Å². The minimum absolute atomic E-state index is 0.296. The number of carbonyl (C=O) groups excluding carboxylic acids is 2. The quantitative estimate of drug-likeness (QED) is 0.649. The number of hydrogen-bond acceptors (Lipinski definition) is 3. The molecule has 2 heterocycles. The molecule has 0 bridgehead atoms. The number of fused-ring (bicyclic) bond motifs is 3.